The van der Waals surface area contributed by atoms with Gasteiger partial charge in [0.25, 0.3) is 0 Å². The van der Waals surface area contributed by atoms with E-state index in [1.165, 1.54) is 19.2 Å². The van der Waals surface area contributed by atoms with Gasteiger partial charge in [-0.1, -0.05) is 0 Å². The van der Waals surface area contributed by atoms with E-state index in [2.05, 4.69) is 60.8 Å². The summed E-state index contributed by atoms with van der Waals surface area (Å²) in [5.41, 5.74) is 0. The van der Waals surface area contributed by atoms with Crippen molar-refractivity contribution in [3.63, 3.8) is 0 Å². The van der Waals surface area contributed by atoms with Gasteiger partial charge >= 0.3 is 0 Å². The van der Waals surface area contributed by atoms with E-state index in [0.717, 1.165) is 8.26 Å². The second kappa shape index (κ2) is 5.34. The number of rotatable bonds is 3. The summed E-state index contributed by atoms with van der Waals surface area (Å²) in [6.07, 6.45) is 0. The van der Waals surface area contributed by atoms with Crippen LogP contribution in [0.15, 0.2) is 31.8 Å². The molecule has 1 N–H and O–H groups in total. The number of thiophene rings is 3. The van der Waals surface area contributed by atoms with Crippen LogP contribution >= 0.6 is 65.9 Å². The second-order valence-corrected chi connectivity index (χ2v) is 9.11. The topological polar surface area (TPSA) is 12.0 Å². The van der Waals surface area contributed by atoms with Crippen LogP contribution in [0, 0.1) is 0 Å². The Labute approximate surface area is 134 Å². The highest BCUT2D eigenvalue weighted by Crippen LogP contribution is 2.41. The maximum atomic E-state index is 3.56. The maximum absolute atomic E-state index is 3.56. The fraction of sp³-hybridized carbons (Fsp3) is 0.167. The van der Waals surface area contributed by atoms with E-state index in [4.69, 9.17) is 0 Å². The number of hydrogen-bond acceptors (Lipinski definition) is 4. The van der Waals surface area contributed by atoms with E-state index >= 15 is 0 Å². The molecule has 0 spiro atoms. The molecule has 0 amide bonds. The van der Waals surface area contributed by atoms with Crippen LogP contribution in [0.3, 0.4) is 0 Å². The zero-order valence-corrected chi connectivity index (χ0v) is 15.0. The van der Waals surface area contributed by atoms with Crippen LogP contribution in [-0.2, 0) is 0 Å². The van der Waals surface area contributed by atoms with Gasteiger partial charge in [0.2, 0.25) is 0 Å². The predicted molar refractivity (Wildman–Crippen MR) is 90.3 cm³/mol. The molecular weight excluding hydrogens is 414 g/mol. The van der Waals surface area contributed by atoms with Crippen LogP contribution in [-0.4, -0.2) is 7.05 Å². The van der Waals surface area contributed by atoms with E-state index < -0.39 is 0 Å². The normalized spacial score (nSPS) is 13.3. The fourth-order valence-electron chi connectivity index (χ4n) is 1.86. The van der Waals surface area contributed by atoms with Gasteiger partial charge in [0, 0.05) is 23.6 Å². The Bertz CT molecular complexity index is 634. The first-order valence-electron chi connectivity index (χ1n) is 5.28. The summed E-state index contributed by atoms with van der Waals surface area (Å²) < 4.78 is 5.03. The molecule has 1 atom stereocenters. The van der Waals surface area contributed by atoms with E-state index in [1.54, 1.807) is 11.3 Å². The lowest BCUT2D eigenvalue weighted by molar-refractivity contribution is 0.716. The Morgan fingerprint density at radius 2 is 1.89 bits per heavy atom. The maximum Gasteiger partial charge on any atom is 0.0843 e. The summed E-state index contributed by atoms with van der Waals surface area (Å²) in [6.45, 7) is 0. The Hall–Kier alpha value is 0.280. The minimum Gasteiger partial charge on any atom is -0.308 e. The molecule has 3 aromatic rings. The third-order valence-corrected chi connectivity index (χ3v) is 8.16. The summed E-state index contributed by atoms with van der Waals surface area (Å²) in [4.78, 5) is 2.70. The van der Waals surface area contributed by atoms with Crippen molar-refractivity contribution >= 4 is 75.3 Å². The lowest BCUT2D eigenvalue weighted by atomic mass is 10.2. The van der Waals surface area contributed by atoms with Gasteiger partial charge in [-0.25, -0.2) is 0 Å². The van der Waals surface area contributed by atoms with Crippen molar-refractivity contribution in [1.82, 2.24) is 5.32 Å². The van der Waals surface area contributed by atoms with Gasteiger partial charge in [-0.2, -0.15) is 0 Å². The molecule has 3 aromatic heterocycles. The second-order valence-electron chi connectivity index (χ2n) is 3.79. The van der Waals surface area contributed by atoms with E-state index in [9.17, 15) is 0 Å². The first-order chi connectivity index (χ1) is 8.69. The molecule has 0 saturated carbocycles. The van der Waals surface area contributed by atoms with Gasteiger partial charge in [0.15, 0.2) is 0 Å². The molecule has 1 nitrogen and oxygen atoms in total. The van der Waals surface area contributed by atoms with Crippen molar-refractivity contribution in [1.29, 1.82) is 0 Å². The Morgan fingerprint density at radius 3 is 2.50 bits per heavy atom. The molecule has 0 aliphatic heterocycles. The van der Waals surface area contributed by atoms with Crippen LogP contribution in [0.2, 0.25) is 0 Å². The zero-order valence-electron chi connectivity index (χ0n) is 9.37. The van der Waals surface area contributed by atoms with Crippen LogP contribution in [0.5, 0.6) is 0 Å². The monoisotopic (exact) mass is 421 g/mol. The average molecular weight is 423 g/mol. The highest BCUT2D eigenvalue weighted by Gasteiger charge is 2.18. The van der Waals surface area contributed by atoms with Gasteiger partial charge in [-0.3, -0.25) is 0 Å². The van der Waals surface area contributed by atoms with Gasteiger partial charge in [0.05, 0.1) is 9.83 Å². The highest BCUT2D eigenvalue weighted by molar-refractivity contribution is 9.13. The third kappa shape index (κ3) is 2.34. The van der Waals surface area contributed by atoms with Crippen LogP contribution in [0.25, 0.3) is 9.40 Å². The summed E-state index contributed by atoms with van der Waals surface area (Å²) in [6, 6.07) is 6.96. The molecule has 18 heavy (non-hydrogen) atoms. The lowest BCUT2D eigenvalue weighted by Gasteiger charge is -2.11. The third-order valence-electron chi connectivity index (χ3n) is 2.68. The van der Waals surface area contributed by atoms with Crippen molar-refractivity contribution < 1.29 is 0 Å². The average Bonchev–Trinajstić information content (AvgIpc) is 2.96. The molecule has 0 aliphatic carbocycles. The Morgan fingerprint density at radius 1 is 1.11 bits per heavy atom. The van der Waals surface area contributed by atoms with Gasteiger partial charge in [-0.15, -0.1) is 34.0 Å². The van der Waals surface area contributed by atoms with Crippen molar-refractivity contribution in [3.8, 4) is 0 Å². The molecule has 0 radical (unpaired) electrons. The van der Waals surface area contributed by atoms with Crippen molar-refractivity contribution in [3.05, 3.63) is 41.6 Å². The summed E-state index contributed by atoms with van der Waals surface area (Å²) in [7, 11) is 2.01. The molecule has 3 rings (SSSR count). The standard InChI is InChI=1S/C12H9Br2NS3/c1-15-11(9-4-6(13)12(14)18-9)10-5-8-7(17-10)2-3-16-8/h2-5,11,15H,1H3. The van der Waals surface area contributed by atoms with Gasteiger partial charge in [0.1, 0.15) is 0 Å². The van der Waals surface area contributed by atoms with Crippen molar-refractivity contribution in [2.75, 3.05) is 7.05 Å². The quantitative estimate of drug-likeness (QED) is 0.557. The van der Waals surface area contributed by atoms with Crippen LogP contribution in [0.4, 0.5) is 0 Å². The molecule has 0 aromatic carbocycles. The van der Waals surface area contributed by atoms with Gasteiger partial charge in [-0.05, 0) is 62.5 Å². The minimum atomic E-state index is 0.280. The van der Waals surface area contributed by atoms with E-state index in [1.807, 2.05) is 29.7 Å². The van der Waals surface area contributed by atoms with Crippen molar-refractivity contribution in [2.45, 2.75) is 6.04 Å². The SMILES string of the molecule is CNC(c1cc(Br)c(Br)s1)c1cc2sccc2s1. The van der Waals surface area contributed by atoms with E-state index in [0.29, 0.717) is 0 Å². The number of hydrogen-bond donors (Lipinski definition) is 1. The molecule has 0 aliphatic rings. The fourth-order valence-corrected chi connectivity index (χ4v) is 6.40. The largest absolute Gasteiger partial charge is 0.308 e. The molecule has 0 fully saturated rings. The molecule has 1 unspecified atom stereocenters. The van der Waals surface area contributed by atoms with Crippen LogP contribution in [0.1, 0.15) is 15.8 Å². The summed E-state index contributed by atoms with van der Waals surface area (Å²) in [5.74, 6) is 0. The number of halogens is 2. The molecule has 3 heterocycles. The smallest absolute Gasteiger partial charge is 0.0843 e. The van der Waals surface area contributed by atoms with E-state index in [-0.39, 0.29) is 6.04 Å². The highest BCUT2D eigenvalue weighted by atomic mass is 79.9. The van der Waals surface area contributed by atoms with Crippen LogP contribution < -0.4 is 5.32 Å². The molecule has 6 heteroatoms. The Kier molecular flexibility index (Phi) is 3.94. The first kappa shape index (κ1) is 13.3. The minimum absolute atomic E-state index is 0.280. The summed E-state index contributed by atoms with van der Waals surface area (Å²) >= 11 is 12.6. The van der Waals surface area contributed by atoms with Gasteiger partial charge < -0.3 is 5.32 Å². The predicted octanol–water partition coefficient (Wildman–Crippen LogP) is 5.86. The summed E-state index contributed by atoms with van der Waals surface area (Å²) in [5, 5.41) is 5.56. The molecule has 94 valence electrons. The van der Waals surface area contributed by atoms with Crippen molar-refractivity contribution in [2.24, 2.45) is 0 Å². The lowest BCUT2D eigenvalue weighted by Crippen LogP contribution is -2.14. The Balaban J connectivity index is 2.03. The zero-order chi connectivity index (χ0) is 12.7. The molecule has 0 saturated heterocycles. The first-order valence-corrected chi connectivity index (χ1v) is 9.38. The number of fused-ring (bicyclic) bond motifs is 1. The molecule has 0 bridgehead atoms. The number of nitrogens with one attached hydrogen (secondary N) is 1. The molecular formula is C12H9Br2NS3.